The maximum Gasteiger partial charge on any atom is 0.181 e. The summed E-state index contributed by atoms with van der Waals surface area (Å²) in [4.78, 5) is 0.0610. The molecule has 0 aliphatic heterocycles. The minimum atomic E-state index is -3.41. The Labute approximate surface area is 108 Å². The second-order valence-electron chi connectivity index (χ2n) is 5.29. The standard InChI is InChI=1S/C12H18ClNO2S/c1-12(2,3)7-8-17(15,16)11-9(13)5-4-6-10(11)14/h4-6H,7-8,14H2,1-3H3. The predicted molar refractivity (Wildman–Crippen MR) is 72.0 cm³/mol. The van der Waals surface area contributed by atoms with E-state index in [0.29, 0.717) is 6.42 Å². The Bertz CT molecular complexity index is 483. The van der Waals surface area contributed by atoms with Gasteiger partial charge in [0.25, 0.3) is 0 Å². The van der Waals surface area contributed by atoms with E-state index in [0.717, 1.165) is 0 Å². The molecule has 17 heavy (non-hydrogen) atoms. The van der Waals surface area contributed by atoms with Gasteiger partial charge >= 0.3 is 0 Å². The van der Waals surface area contributed by atoms with Crippen molar-refractivity contribution in [2.45, 2.75) is 32.1 Å². The Morgan fingerprint density at radius 2 is 1.88 bits per heavy atom. The van der Waals surface area contributed by atoms with Crippen LogP contribution >= 0.6 is 11.6 Å². The highest BCUT2D eigenvalue weighted by atomic mass is 35.5. The van der Waals surface area contributed by atoms with Gasteiger partial charge in [0, 0.05) is 0 Å². The van der Waals surface area contributed by atoms with Gasteiger partial charge in [-0.2, -0.15) is 0 Å². The summed E-state index contributed by atoms with van der Waals surface area (Å²) in [6.45, 7) is 6.00. The largest absolute Gasteiger partial charge is 0.398 e. The lowest BCUT2D eigenvalue weighted by molar-refractivity contribution is 0.397. The zero-order chi connectivity index (χ0) is 13.3. The smallest absolute Gasteiger partial charge is 0.181 e. The van der Waals surface area contributed by atoms with E-state index in [4.69, 9.17) is 17.3 Å². The highest BCUT2D eigenvalue weighted by molar-refractivity contribution is 7.91. The second kappa shape index (κ2) is 4.86. The lowest BCUT2D eigenvalue weighted by atomic mass is 9.94. The molecule has 0 spiro atoms. The van der Waals surface area contributed by atoms with Crippen LogP contribution in [0.3, 0.4) is 0 Å². The van der Waals surface area contributed by atoms with Crippen LogP contribution in [0.25, 0.3) is 0 Å². The lowest BCUT2D eigenvalue weighted by Gasteiger charge is -2.18. The van der Waals surface area contributed by atoms with Crippen molar-refractivity contribution in [3.05, 3.63) is 23.2 Å². The Morgan fingerprint density at radius 1 is 1.29 bits per heavy atom. The van der Waals surface area contributed by atoms with Crippen LogP contribution in [-0.2, 0) is 9.84 Å². The molecule has 96 valence electrons. The average molecular weight is 276 g/mol. The summed E-state index contributed by atoms with van der Waals surface area (Å²) in [6, 6.07) is 4.73. The number of halogens is 1. The number of hydrogen-bond donors (Lipinski definition) is 1. The number of nitrogen functional groups attached to an aromatic ring is 1. The molecule has 1 aromatic carbocycles. The van der Waals surface area contributed by atoms with E-state index in [2.05, 4.69) is 0 Å². The molecule has 0 bridgehead atoms. The van der Waals surface area contributed by atoms with Gasteiger partial charge in [0.2, 0.25) is 0 Å². The third kappa shape index (κ3) is 3.89. The first kappa shape index (κ1) is 14.3. The fourth-order valence-electron chi connectivity index (χ4n) is 1.40. The number of rotatable bonds is 3. The monoisotopic (exact) mass is 275 g/mol. The average Bonchev–Trinajstić information content (AvgIpc) is 2.13. The van der Waals surface area contributed by atoms with Crippen molar-refractivity contribution in [1.29, 1.82) is 0 Å². The van der Waals surface area contributed by atoms with E-state index in [1.165, 1.54) is 0 Å². The lowest BCUT2D eigenvalue weighted by Crippen LogP contribution is -2.16. The van der Waals surface area contributed by atoms with Gasteiger partial charge in [0.05, 0.1) is 16.5 Å². The first-order valence-corrected chi connectivity index (χ1v) is 7.43. The maximum atomic E-state index is 12.2. The van der Waals surface area contributed by atoms with Crippen LogP contribution in [0.15, 0.2) is 23.1 Å². The van der Waals surface area contributed by atoms with E-state index in [-0.39, 0.29) is 26.8 Å². The molecule has 0 heterocycles. The minimum Gasteiger partial charge on any atom is -0.398 e. The van der Waals surface area contributed by atoms with Crippen LogP contribution in [0.2, 0.25) is 5.02 Å². The molecule has 0 radical (unpaired) electrons. The zero-order valence-corrected chi connectivity index (χ0v) is 11.9. The zero-order valence-electron chi connectivity index (χ0n) is 10.3. The van der Waals surface area contributed by atoms with E-state index in [9.17, 15) is 8.42 Å². The summed E-state index contributed by atoms with van der Waals surface area (Å²) in [5.74, 6) is 0.0600. The molecule has 0 saturated carbocycles. The van der Waals surface area contributed by atoms with Gasteiger partial charge < -0.3 is 5.73 Å². The summed E-state index contributed by atoms with van der Waals surface area (Å²) in [5.41, 5.74) is 5.86. The van der Waals surface area contributed by atoms with Crippen LogP contribution in [-0.4, -0.2) is 14.2 Å². The molecule has 0 fully saturated rings. The second-order valence-corrected chi connectivity index (χ2v) is 7.74. The first-order valence-electron chi connectivity index (χ1n) is 5.40. The Kier molecular flexibility index (Phi) is 4.10. The van der Waals surface area contributed by atoms with Crippen LogP contribution in [0, 0.1) is 5.41 Å². The highest BCUT2D eigenvalue weighted by Crippen LogP contribution is 2.30. The summed E-state index contributed by atoms with van der Waals surface area (Å²) in [5, 5.41) is 0.193. The van der Waals surface area contributed by atoms with Crippen LogP contribution in [0.5, 0.6) is 0 Å². The molecule has 0 amide bonds. The molecule has 0 aliphatic rings. The highest BCUT2D eigenvalue weighted by Gasteiger charge is 2.23. The Hall–Kier alpha value is -0.740. The van der Waals surface area contributed by atoms with Crippen LogP contribution < -0.4 is 5.73 Å². The van der Waals surface area contributed by atoms with Gasteiger partial charge in [-0.15, -0.1) is 0 Å². The molecule has 0 unspecified atom stereocenters. The minimum absolute atomic E-state index is 0.0386. The number of benzene rings is 1. The summed E-state index contributed by atoms with van der Waals surface area (Å²) in [6.07, 6.45) is 0.569. The molecule has 1 aromatic rings. The molecular weight excluding hydrogens is 258 g/mol. The molecule has 1 rings (SSSR count). The van der Waals surface area contributed by atoms with Crippen LogP contribution in [0.4, 0.5) is 5.69 Å². The Balaban J connectivity index is 3.06. The van der Waals surface area contributed by atoms with Gasteiger partial charge in [0.1, 0.15) is 4.90 Å². The van der Waals surface area contributed by atoms with Crippen molar-refractivity contribution in [2.75, 3.05) is 11.5 Å². The topological polar surface area (TPSA) is 60.2 Å². The quantitative estimate of drug-likeness (QED) is 0.862. The maximum absolute atomic E-state index is 12.2. The van der Waals surface area contributed by atoms with Crippen molar-refractivity contribution in [3.63, 3.8) is 0 Å². The van der Waals surface area contributed by atoms with Gasteiger partial charge in [-0.3, -0.25) is 0 Å². The third-order valence-electron chi connectivity index (χ3n) is 2.43. The molecule has 3 nitrogen and oxygen atoms in total. The number of sulfone groups is 1. The molecule has 0 saturated heterocycles. The first-order chi connectivity index (χ1) is 7.63. The van der Waals surface area contributed by atoms with E-state index in [1.54, 1.807) is 18.2 Å². The van der Waals surface area contributed by atoms with E-state index < -0.39 is 9.84 Å². The predicted octanol–water partition coefficient (Wildman–Crippen LogP) is 3.13. The number of anilines is 1. The van der Waals surface area contributed by atoms with Crippen molar-refractivity contribution >= 4 is 27.1 Å². The molecule has 2 N–H and O–H groups in total. The molecule has 0 aliphatic carbocycles. The number of hydrogen-bond acceptors (Lipinski definition) is 3. The van der Waals surface area contributed by atoms with Crippen molar-refractivity contribution in [3.8, 4) is 0 Å². The van der Waals surface area contributed by atoms with Crippen molar-refractivity contribution in [2.24, 2.45) is 5.41 Å². The van der Waals surface area contributed by atoms with E-state index in [1.807, 2.05) is 20.8 Å². The SMILES string of the molecule is CC(C)(C)CCS(=O)(=O)c1c(N)cccc1Cl. The Morgan fingerprint density at radius 3 is 2.35 bits per heavy atom. The molecule has 5 heteroatoms. The normalized spacial score (nSPS) is 12.7. The number of nitrogens with two attached hydrogens (primary N) is 1. The van der Waals surface area contributed by atoms with Crippen molar-refractivity contribution in [1.82, 2.24) is 0 Å². The molecular formula is C12H18ClNO2S. The third-order valence-corrected chi connectivity index (χ3v) is 4.68. The summed E-state index contributed by atoms with van der Waals surface area (Å²) in [7, 11) is -3.41. The van der Waals surface area contributed by atoms with Crippen LogP contribution in [0.1, 0.15) is 27.2 Å². The molecule has 0 atom stereocenters. The van der Waals surface area contributed by atoms with Gasteiger partial charge in [-0.1, -0.05) is 38.4 Å². The van der Waals surface area contributed by atoms with Gasteiger partial charge in [0.15, 0.2) is 9.84 Å². The fourth-order valence-corrected chi connectivity index (χ4v) is 3.81. The van der Waals surface area contributed by atoms with Gasteiger partial charge in [-0.25, -0.2) is 8.42 Å². The molecule has 0 aromatic heterocycles. The summed E-state index contributed by atoms with van der Waals surface area (Å²) < 4.78 is 24.3. The van der Waals surface area contributed by atoms with Crippen molar-refractivity contribution < 1.29 is 8.42 Å². The summed E-state index contributed by atoms with van der Waals surface area (Å²) >= 11 is 5.90. The van der Waals surface area contributed by atoms with Gasteiger partial charge in [-0.05, 0) is 24.0 Å². The fraction of sp³-hybridized carbons (Fsp3) is 0.500. The van der Waals surface area contributed by atoms with E-state index >= 15 is 0 Å².